The third-order valence-corrected chi connectivity index (χ3v) is 12.5. The predicted molar refractivity (Wildman–Crippen MR) is 235 cm³/mol. The van der Waals surface area contributed by atoms with Crippen LogP contribution in [0, 0.1) is 23.2 Å². The van der Waals surface area contributed by atoms with Crippen LogP contribution in [0.2, 0.25) is 0 Å². The Bertz CT molecular complexity index is 1150. The molecule has 1 aliphatic carbocycles. The summed E-state index contributed by atoms with van der Waals surface area (Å²) < 4.78 is 5.90. The molecule has 1 aromatic rings. The number of ketones is 1. The van der Waals surface area contributed by atoms with E-state index in [1.165, 1.54) is 50.5 Å². The molecular weight excluding hydrogens is 657 g/mol. The maximum absolute atomic E-state index is 13.9. The zero-order valence-corrected chi connectivity index (χ0v) is 38.3. The molecule has 0 spiro atoms. The number of unbranched alkanes of at least 4 members (excludes halogenated alkanes) is 4. The van der Waals surface area contributed by atoms with Crippen LogP contribution in [-0.4, -0.2) is 35.6 Å². The van der Waals surface area contributed by atoms with E-state index in [2.05, 4.69) is 120 Å². The summed E-state index contributed by atoms with van der Waals surface area (Å²) >= 11 is 4.71. The van der Waals surface area contributed by atoms with Gasteiger partial charge < -0.3 is 9.55 Å². The summed E-state index contributed by atoms with van der Waals surface area (Å²) in [4.78, 5) is 26.2. The van der Waals surface area contributed by atoms with Gasteiger partial charge >= 0.3 is 7.48 Å². The third kappa shape index (κ3) is 15.5. The Hall–Kier alpha value is -1.27. The zero-order valence-electron chi connectivity index (χ0n) is 37.4. The lowest BCUT2D eigenvalue weighted by Crippen LogP contribution is -2.50. The maximum atomic E-state index is 13.9. The Kier molecular flexibility index (Phi) is 23.0. The molecule has 6 heteroatoms. The normalized spacial score (nSPS) is 18.5. The van der Waals surface area contributed by atoms with Crippen LogP contribution in [0.4, 0.5) is 5.69 Å². The summed E-state index contributed by atoms with van der Waals surface area (Å²) in [5, 5.41) is 0. The average molecular weight is 743 g/mol. The molecule has 0 aromatic heterocycles. The molecule has 1 atom stereocenters. The van der Waals surface area contributed by atoms with Crippen molar-refractivity contribution >= 4 is 43.0 Å². The molecule has 1 unspecified atom stereocenters. The quantitative estimate of drug-likeness (QED) is 0.104. The monoisotopic (exact) mass is 743 g/mol. The van der Waals surface area contributed by atoms with E-state index in [0.717, 1.165) is 61.5 Å². The van der Waals surface area contributed by atoms with Gasteiger partial charge in [0.25, 0.3) is 0 Å². The first-order valence-corrected chi connectivity index (χ1v) is 21.7. The average Bonchev–Trinajstić information content (AvgIpc) is 3.26. The van der Waals surface area contributed by atoms with E-state index >= 15 is 0 Å². The van der Waals surface area contributed by atoms with Crippen molar-refractivity contribution in [1.29, 1.82) is 0 Å². The number of rotatable bonds is 16. The number of fused-ring (bicyclic) bond motifs is 1. The highest BCUT2D eigenvalue weighted by molar-refractivity contribution is 7.81. The van der Waals surface area contributed by atoms with E-state index in [1.807, 2.05) is 21.3 Å². The molecule has 1 heterocycles. The van der Waals surface area contributed by atoms with Crippen LogP contribution >= 0.6 is 12.6 Å². The number of benzene rings is 1. The number of hydrogen-bond acceptors (Lipinski definition) is 4. The van der Waals surface area contributed by atoms with E-state index in [4.69, 9.17) is 17.3 Å². The molecule has 301 valence electrons. The molecule has 1 fully saturated rings. The number of amides is 1. The van der Waals surface area contributed by atoms with Crippen LogP contribution in [0.25, 0.3) is 0 Å². The minimum absolute atomic E-state index is 0.213. The number of carbonyl (C=O) groups is 2. The molecule has 2 aliphatic rings. The molecule has 4 nitrogen and oxygen atoms in total. The summed E-state index contributed by atoms with van der Waals surface area (Å²) in [6.07, 6.45) is 15.6. The lowest BCUT2D eigenvalue weighted by atomic mass is 9.73. The highest BCUT2D eigenvalue weighted by Crippen LogP contribution is 2.51. The smallest absolute Gasteiger partial charge is 0.330 e. The van der Waals surface area contributed by atoms with E-state index in [9.17, 15) is 9.59 Å². The minimum atomic E-state index is -0.416. The van der Waals surface area contributed by atoms with Gasteiger partial charge in [0.15, 0.2) is 0 Å². The largest absolute Gasteiger partial charge is 0.428 e. The van der Waals surface area contributed by atoms with Crippen LogP contribution in [0.15, 0.2) is 18.2 Å². The molecular formula is C46H85BNO3S. The molecule has 1 aliphatic heterocycles. The number of nitrogens with zero attached hydrogens (tertiary/aromatic N) is 1. The lowest BCUT2D eigenvalue weighted by molar-refractivity contribution is -0.124. The first-order valence-electron chi connectivity index (χ1n) is 21.3. The molecule has 3 rings (SSSR count). The molecule has 52 heavy (non-hydrogen) atoms. The molecule has 1 radical (unpaired) electrons. The Morgan fingerprint density at radius 3 is 1.73 bits per heavy atom. The molecule has 0 bridgehead atoms. The van der Waals surface area contributed by atoms with Crippen molar-refractivity contribution in [1.82, 2.24) is 0 Å². The van der Waals surface area contributed by atoms with E-state index in [0.29, 0.717) is 17.4 Å². The second-order valence-corrected chi connectivity index (χ2v) is 19.4. The number of thiol groups is 1. The number of hydrogen-bond donors (Lipinski definition) is 1. The number of Topliss-reactive ketones (excluding diaryl/α,β-unsaturated/α-hetero) is 1. The molecule has 0 saturated heterocycles. The summed E-state index contributed by atoms with van der Waals surface area (Å²) in [6, 6.07) is 6.84. The minimum Gasteiger partial charge on any atom is -0.428 e. The molecule has 0 N–H and O–H groups in total. The van der Waals surface area contributed by atoms with Crippen molar-refractivity contribution in [3.05, 3.63) is 23.8 Å². The van der Waals surface area contributed by atoms with Gasteiger partial charge in [0.2, 0.25) is 5.91 Å². The van der Waals surface area contributed by atoms with Gasteiger partial charge in [-0.3, -0.25) is 9.59 Å². The van der Waals surface area contributed by atoms with Crippen LogP contribution in [0.5, 0.6) is 0 Å². The Balaban J connectivity index is 0.00000101. The van der Waals surface area contributed by atoms with Gasteiger partial charge in [-0.2, -0.15) is 12.6 Å². The summed E-state index contributed by atoms with van der Waals surface area (Å²) in [7, 11) is 1.84. The lowest BCUT2D eigenvalue weighted by Gasteiger charge is -2.42. The Morgan fingerprint density at radius 2 is 1.38 bits per heavy atom. The van der Waals surface area contributed by atoms with Crippen molar-refractivity contribution < 1.29 is 14.2 Å². The summed E-state index contributed by atoms with van der Waals surface area (Å²) in [5.74, 6) is 2.41. The van der Waals surface area contributed by atoms with Crippen molar-refractivity contribution in [3.8, 4) is 0 Å². The van der Waals surface area contributed by atoms with Crippen molar-refractivity contribution in [2.75, 3.05) is 4.90 Å². The number of carbonyl (C=O) groups excluding carboxylic acids is 2. The highest BCUT2D eigenvalue weighted by atomic mass is 32.1. The van der Waals surface area contributed by atoms with Gasteiger partial charge in [-0.15, -0.1) is 0 Å². The van der Waals surface area contributed by atoms with Gasteiger partial charge in [-0.25, -0.2) is 0 Å². The van der Waals surface area contributed by atoms with E-state index in [-0.39, 0.29) is 21.9 Å². The third-order valence-electron chi connectivity index (χ3n) is 12.0. The highest BCUT2D eigenvalue weighted by Gasteiger charge is 2.53. The molecule has 1 aromatic carbocycles. The predicted octanol–water partition coefficient (Wildman–Crippen LogP) is 13.1. The Morgan fingerprint density at radius 1 is 0.885 bits per heavy atom. The second kappa shape index (κ2) is 23.6. The van der Waals surface area contributed by atoms with Crippen LogP contribution in [0.1, 0.15) is 207 Å². The van der Waals surface area contributed by atoms with Crippen LogP contribution < -0.4 is 10.4 Å². The fraction of sp³-hybridized carbons (Fsp3) is 0.826. The van der Waals surface area contributed by atoms with Crippen LogP contribution in [-0.2, 0) is 19.7 Å². The van der Waals surface area contributed by atoms with Gasteiger partial charge in [0.05, 0.1) is 11.0 Å². The first kappa shape index (κ1) is 50.7. The summed E-state index contributed by atoms with van der Waals surface area (Å²) in [5.41, 5.74) is 3.09. The number of anilines is 1. The van der Waals surface area contributed by atoms with E-state index < -0.39 is 5.60 Å². The summed E-state index contributed by atoms with van der Waals surface area (Å²) in [6.45, 7) is 36.2. The SMILES string of the molecule is CC(=O)C(C)C.CCC(C)C(C)(C)C.CCCC1(CCC)C(=O)N(C2CC(CC)C2)c2cc([B]OC(C)(C)C(C)(C)S)ccc21.CCCCCCC. The first-order chi connectivity index (χ1) is 24.0. The molecule has 1 saturated carbocycles. The standard InChI is InChI=1S/C26H41BNO2S.C8H18.C7H16.C5H10O/c1-8-13-26(14-9-2)21-12-11-19(27-30-24(4,5)25(6,7)31)17-22(21)28(23(26)29)20-15-18(10-3)16-20;1-6-7(2)8(3,4)5;1-3-5-7-6-4-2;1-4(2)5(3)6/h11-12,17-18,20,31H,8-10,13-16H2,1-7H3;7H,6H2,1-5H3;3-7H2,1-2H3;4H,1-3H3. The van der Waals surface area contributed by atoms with Crippen molar-refractivity contribution in [2.45, 2.75) is 223 Å². The van der Waals surface area contributed by atoms with Crippen molar-refractivity contribution in [3.63, 3.8) is 0 Å². The Labute approximate surface area is 330 Å². The van der Waals surface area contributed by atoms with Crippen molar-refractivity contribution in [2.24, 2.45) is 23.2 Å². The van der Waals surface area contributed by atoms with Gasteiger partial charge in [-0.05, 0) is 89.2 Å². The zero-order chi connectivity index (χ0) is 40.5. The maximum Gasteiger partial charge on any atom is 0.330 e. The van der Waals surface area contributed by atoms with Gasteiger partial charge in [-0.1, -0.05) is 158 Å². The van der Waals surface area contributed by atoms with Gasteiger partial charge in [0, 0.05) is 22.4 Å². The van der Waals surface area contributed by atoms with Crippen LogP contribution in [0.3, 0.4) is 0 Å². The fourth-order valence-electron chi connectivity index (χ4n) is 6.40. The van der Waals surface area contributed by atoms with Gasteiger partial charge in [0.1, 0.15) is 5.78 Å². The second-order valence-electron chi connectivity index (χ2n) is 18.2. The fourth-order valence-corrected chi connectivity index (χ4v) is 6.45. The topological polar surface area (TPSA) is 46.6 Å². The molecule has 1 amide bonds. The van der Waals surface area contributed by atoms with E-state index in [1.54, 1.807) is 6.92 Å².